The number of aryl methyl sites for hydroxylation is 1. The van der Waals surface area contributed by atoms with Gasteiger partial charge in [-0.3, -0.25) is 4.79 Å². The van der Waals surface area contributed by atoms with E-state index in [1.54, 1.807) is 4.68 Å². The second-order valence-electron chi connectivity index (χ2n) is 5.26. The Balaban J connectivity index is 1.95. The molecule has 0 aromatic carbocycles. The molecule has 128 valence electrons. The minimum atomic E-state index is -4.60. The predicted molar refractivity (Wildman–Crippen MR) is 76.3 cm³/mol. The lowest BCUT2D eigenvalue weighted by Crippen LogP contribution is -2.23. The Hall–Kier alpha value is -2.72. The maximum atomic E-state index is 12.7. The Morgan fingerprint density at radius 2 is 2.04 bits per heavy atom. The molecule has 0 aliphatic carbocycles. The summed E-state index contributed by atoms with van der Waals surface area (Å²) in [7, 11) is 0. The van der Waals surface area contributed by atoms with Gasteiger partial charge in [0.2, 0.25) is 0 Å². The highest BCUT2D eigenvalue weighted by Crippen LogP contribution is 2.28. The van der Waals surface area contributed by atoms with Gasteiger partial charge in [-0.05, 0) is 16.8 Å². The molecule has 0 N–H and O–H groups in total. The lowest BCUT2D eigenvalue weighted by atomic mass is 10.3. The number of rotatable bonds is 5. The summed E-state index contributed by atoms with van der Waals surface area (Å²) >= 11 is 0. The third-order valence-corrected chi connectivity index (χ3v) is 3.54. The molecule has 0 aliphatic rings. The van der Waals surface area contributed by atoms with Crippen LogP contribution in [0.25, 0.3) is 5.52 Å². The maximum Gasteiger partial charge on any atom is 0.435 e. The molecular weight excluding hydrogens is 327 g/mol. The summed E-state index contributed by atoms with van der Waals surface area (Å²) in [4.78, 5) is 12.4. The minimum Gasteiger partial charge on any atom is -0.304 e. The van der Waals surface area contributed by atoms with E-state index in [9.17, 15) is 18.0 Å². The van der Waals surface area contributed by atoms with E-state index in [1.165, 1.54) is 17.0 Å². The summed E-state index contributed by atoms with van der Waals surface area (Å²) in [5.74, 6) is 0.463. The number of fused-ring (bicyclic) bond motifs is 1. The monoisotopic (exact) mass is 341 g/mol. The van der Waals surface area contributed by atoms with Crippen molar-refractivity contribution in [3.63, 3.8) is 0 Å². The first-order valence-electron chi connectivity index (χ1n) is 7.31. The summed E-state index contributed by atoms with van der Waals surface area (Å²) in [6, 6.07) is 0.735. The van der Waals surface area contributed by atoms with E-state index in [2.05, 4.69) is 20.6 Å². The normalized spacial score (nSPS) is 12.2. The number of unbranched alkanes of at least 4 members (excludes halogenated alkanes) is 1. The molecule has 0 saturated heterocycles. The standard InChI is InChI=1S/C13H14F3N7O/c1-2-3-4-23-11(17-19-20-23)8-21-5-6-22-9(12(21)24)7-10(18-22)13(14,15)16/h5-7H,2-4,8H2,1H3. The number of tetrazole rings is 1. The van der Waals surface area contributed by atoms with Crippen LogP contribution in [0.4, 0.5) is 13.2 Å². The third kappa shape index (κ3) is 3.01. The Morgan fingerprint density at radius 3 is 2.75 bits per heavy atom. The first-order valence-corrected chi connectivity index (χ1v) is 7.31. The third-order valence-electron chi connectivity index (χ3n) is 3.54. The zero-order chi connectivity index (χ0) is 17.3. The van der Waals surface area contributed by atoms with E-state index in [1.807, 2.05) is 6.92 Å². The topological polar surface area (TPSA) is 82.9 Å². The molecule has 3 aromatic rings. The van der Waals surface area contributed by atoms with Crippen molar-refractivity contribution in [2.45, 2.75) is 39.0 Å². The van der Waals surface area contributed by atoms with Crippen molar-refractivity contribution in [1.82, 2.24) is 34.4 Å². The summed E-state index contributed by atoms with van der Waals surface area (Å²) < 4.78 is 41.9. The molecule has 0 spiro atoms. The molecule has 11 heteroatoms. The number of hydrogen-bond acceptors (Lipinski definition) is 5. The van der Waals surface area contributed by atoms with Crippen LogP contribution in [0.15, 0.2) is 23.3 Å². The molecule has 0 unspecified atom stereocenters. The second kappa shape index (κ2) is 6.06. The molecule has 0 bridgehead atoms. The molecular formula is C13H14F3N7O. The Morgan fingerprint density at radius 1 is 1.25 bits per heavy atom. The summed E-state index contributed by atoms with van der Waals surface area (Å²) in [5.41, 5.74) is -1.85. The van der Waals surface area contributed by atoms with Crippen molar-refractivity contribution in [1.29, 1.82) is 0 Å². The van der Waals surface area contributed by atoms with Crippen LogP contribution >= 0.6 is 0 Å². The maximum absolute atomic E-state index is 12.7. The molecule has 24 heavy (non-hydrogen) atoms. The van der Waals surface area contributed by atoms with Crippen molar-refractivity contribution in [3.05, 3.63) is 40.3 Å². The van der Waals surface area contributed by atoms with E-state index in [0.717, 1.165) is 23.4 Å². The van der Waals surface area contributed by atoms with Gasteiger partial charge in [-0.1, -0.05) is 13.3 Å². The first kappa shape index (κ1) is 16.1. The van der Waals surface area contributed by atoms with Gasteiger partial charge in [-0.25, -0.2) is 9.20 Å². The predicted octanol–water partition coefficient (Wildman–Crippen LogP) is 1.35. The van der Waals surface area contributed by atoms with Gasteiger partial charge in [-0.2, -0.15) is 18.3 Å². The van der Waals surface area contributed by atoms with Crippen LogP contribution in [0.1, 0.15) is 31.3 Å². The van der Waals surface area contributed by atoms with Gasteiger partial charge in [0.05, 0.1) is 6.54 Å². The molecule has 0 amide bonds. The van der Waals surface area contributed by atoms with E-state index in [0.29, 0.717) is 12.4 Å². The smallest absolute Gasteiger partial charge is 0.304 e. The van der Waals surface area contributed by atoms with Gasteiger partial charge in [0, 0.05) is 25.0 Å². The SMILES string of the molecule is CCCCn1nnnc1Cn1ccn2nc(C(F)(F)F)cc2c1=O. The molecule has 8 nitrogen and oxygen atoms in total. The highest BCUT2D eigenvalue weighted by molar-refractivity contribution is 5.45. The fraction of sp³-hybridized carbons (Fsp3) is 0.462. The van der Waals surface area contributed by atoms with E-state index >= 15 is 0 Å². The molecule has 3 rings (SSSR count). The van der Waals surface area contributed by atoms with Gasteiger partial charge >= 0.3 is 6.18 Å². The number of halogens is 3. The highest BCUT2D eigenvalue weighted by Gasteiger charge is 2.34. The van der Waals surface area contributed by atoms with Crippen molar-refractivity contribution < 1.29 is 13.2 Å². The van der Waals surface area contributed by atoms with Crippen molar-refractivity contribution in [3.8, 4) is 0 Å². The average Bonchev–Trinajstić information content (AvgIpc) is 3.14. The van der Waals surface area contributed by atoms with Gasteiger partial charge < -0.3 is 4.57 Å². The van der Waals surface area contributed by atoms with Crippen molar-refractivity contribution in [2.24, 2.45) is 0 Å². The van der Waals surface area contributed by atoms with Crippen LogP contribution in [-0.4, -0.2) is 34.4 Å². The van der Waals surface area contributed by atoms with Gasteiger partial charge in [0.15, 0.2) is 11.5 Å². The largest absolute Gasteiger partial charge is 0.435 e. The van der Waals surface area contributed by atoms with Gasteiger partial charge in [0.1, 0.15) is 5.52 Å². The highest BCUT2D eigenvalue weighted by atomic mass is 19.4. The number of alkyl halides is 3. The van der Waals surface area contributed by atoms with Crippen LogP contribution in [-0.2, 0) is 19.3 Å². The van der Waals surface area contributed by atoms with Crippen molar-refractivity contribution >= 4 is 5.52 Å². The fourth-order valence-electron chi connectivity index (χ4n) is 2.26. The zero-order valence-electron chi connectivity index (χ0n) is 12.7. The molecule has 3 aromatic heterocycles. The van der Waals surface area contributed by atoms with Crippen LogP contribution < -0.4 is 5.56 Å². The lowest BCUT2D eigenvalue weighted by molar-refractivity contribution is -0.141. The fourth-order valence-corrected chi connectivity index (χ4v) is 2.26. The molecule has 0 atom stereocenters. The number of aromatic nitrogens is 7. The van der Waals surface area contributed by atoms with Crippen LogP contribution in [0.3, 0.4) is 0 Å². The van der Waals surface area contributed by atoms with Crippen molar-refractivity contribution in [2.75, 3.05) is 0 Å². The molecule has 0 fully saturated rings. The van der Waals surface area contributed by atoms with Crippen LogP contribution in [0.5, 0.6) is 0 Å². The van der Waals surface area contributed by atoms with E-state index < -0.39 is 17.4 Å². The first-order chi connectivity index (χ1) is 11.4. The second-order valence-corrected chi connectivity index (χ2v) is 5.26. The molecule has 0 saturated carbocycles. The lowest BCUT2D eigenvalue weighted by Gasteiger charge is -2.06. The molecule has 0 aliphatic heterocycles. The summed E-state index contributed by atoms with van der Waals surface area (Å²) in [6.45, 7) is 2.71. The number of nitrogens with zero attached hydrogens (tertiary/aromatic N) is 7. The molecule has 0 radical (unpaired) electrons. The minimum absolute atomic E-state index is 0.0680. The summed E-state index contributed by atoms with van der Waals surface area (Å²) in [5, 5.41) is 14.7. The Bertz CT molecular complexity index is 908. The Kier molecular flexibility index (Phi) is 4.08. The Labute approximate surface area is 133 Å². The quantitative estimate of drug-likeness (QED) is 0.699. The van der Waals surface area contributed by atoms with Gasteiger partial charge in [0.25, 0.3) is 5.56 Å². The zero-order valence-corrected chi connectivity index (χ0v) is 12.7. The van der Waals surface area contributed by atoms with E-state index in [-0.39, 0.29) is 12.1 Å². The summed E-state index contributed by atoms with van der Waals surface area (Å²) in [6.07, 6.45) is -0.105. The molecule has 3 heterocycles. The van der Waals surface area contributed by atoms with E-state index in [4.69, 9.17) is 0 Å². The van der Waals surface area contributed by atoms with Gasteiger partial charge in [-0.15, -0.1) is 5.10 Å². The number of hydrogen-bond donors (Lipinski definition) is 0. The van der Waals surface area contributed by atoms with Crippen LogP contribution in [0, 0.1) is 0 Å². The average molecular weight is 341 g/mol. The van der Waals surface area contributed by atoms with Crippen LogP contribution in [0.2, 0.25) is 0 Å².